The first-order valence-corrected chi connectivity index (χ1v) is 7.95. The van der Waals surface area contributed by atoms with Gasteiger partial charge in [0.05, 0.1) is 5.41 Å². The molecular weight excluding hydrogens is 292 g/mol. The van der Waals surface area contributed by atoms with Crippen molar-refractivity contribution in [1.29, 1.82) is 0 Å². The molecule has 128 valence electrons. The van der Waals surface area contributed by atoms with Crippen molar-refractivity contribution in [1.82, 2.24) is 0 Å². The van der Waals surface area contributed by atoms with Crippen molar-refractivity contribution in [2.75, 3.05) is 0 Å². The number of hydrogen-bond donors (Lipinski definition) is 0. The van der Waals surface area contributed by atoms with Gasteiger partial charge in [-0.05, 0) is 39.7 Å². The fourth-order valence-corrected chi connectivity index (χ4v) is 4.09. The van der Waals surface area contributed by atoms with Crippen molar-refractivity contribution in [3.63, 3.8) is 0 Å². The second-order valence-electron chi connectivity index (χ2n) is 6.83. The number of benzene rings is 1. The Bertz CT molecular complexity index is 530. The van der Waals surface area contributed by atoms with E-state index in [1.807, 2.05) is 65.0 Å². The van der Waals surface area contributed by atoms with E-state index in [2.05, 4.69) is 0 Å². The molecular formula is C19H28O4. The highest BCUT2D eigenvalue weighted by Crippen LogP contribution is 2.50. The molecule has 0 saturated heterocycles. The molecule has 0 aliphatic rings. The summed E-state index contributed by atoms with van der Waals surface area (Å²) in [6, 6.07) is 9.78. The molecule has 0 amide bonds. The summed E-state index contributed by atoms with van der Waals surface area (Å²) < 4.78 is 11.4. The minimum atomic E-state index is -0.867. The normalized spacial score (nSPS) is 12.7. The fraction of sp³-hybridized carbons (Fsp3) is 0.579. The van der Waals surface area contributed by atoms with Crippen LogP contribution < -0.4 is 0 Å². The van der Waals surface area contributed by atoms with Crippen molar-refractivity contribution in [3.05, 3.63) is 35.9 Å². The first kappa shape index (κ1) is 19.2. The van der Waals surface area contributed by atoms with E-state index in [4.69, 9.17) is 9.47 Å². The Morgan fingerprint density at radius 2 is 1.26 bits per heavy atom. The molecule has 0 saturated carbocycles. The van der Waals surface area contributed by atoms with Crippen molar-refractivity contribution < 1.29 is 19.1 Å². The standard InChI is InChI=1S/C19H28O4/c1-8-19(16-12-10-9-11-13-16,17(4,5)22-14(2)20)18(6,7)23-15(3)21/h9-13H,8H2,1-7H3. The van der Waals surface area contributed by atoms with Crippen LogP contribution in [0.5, 0.6) is 0 Å². The average molecular weight is 320 g/mol. The van der Waals surface area contributed by atoms with Gasteiger partial charge in [0.15, 0.2) is 0 Å². The van der Waals surface area contributed by atoms with Crippen LogP contribution in [0.3, 0.4) is 0 Å². The van der Waals surface area contributed by atoms with E-state index >= 15 is 0 Å². The summed E-state index contributed by atoms with van der Waals surface area (Å²) in [5.41, 5.74) is -1.46. The zero-order chi connectivity index (χ0) is 17.9. The summed E-state index contributed by atoms with van der Waals surface area (Å²) in [7, 11) is 0. The summed E-state index contributed by atoms with van der Waals surface area (Å²) >= 11 is 0. The lowest BCUT2D eigenvalue weighted by atomic mass is 9.58. The summed E-state index contributed by atoms with van der Waals surface area (Å²) in [6.07, 6.45) is 0.636. The molecule has 0 atom stereocenters. The van der Waals surface area contributed by atoms with Gasteiger partial charge in [0.1, 0.15) is 11.2 Å². The first-order valence-electron chi connectivity index (χ1n) is 7.95. The molecule has 0 N–H and O–H groups in total. The molecule has 0 heterocycles. The molecule has 0 unspecified atom stereocenters. The number of hydrogen-bond acceptors (Lipinski definition) is 4. The van der Waals surface area contributed by atoms with Gasteiger partial charge in [-0.15, -0.1) is 0 Å². The van der Waals surface area contributed by atoms with Crippen LogP contribution in [-0.4, -0.2) is 23.1 Å². The van der Waals surface area contributed by atoms with Crippen LogP contribution in [0.2, 0.25) is 0 Å². The molecule has 23 heavy (non-hydrogen) atoms. The molecule has 4 nitrogen and oxygen atoms in total. The monoisotopic (exact) mass is 320 g/mol. The van der Waals surface area contributed by atoms with Crippen LogP contribution in [-0.2, 0) is 24.5 Å². The summed E-state index contributed by atoms with van der Waals surface area (Å²) in [4.78, 5) is 23.3. The highest BCUT2D eigenvalue weighted by atomic mass is 16.6. The average Bonchev–Trinajstić information content (AvgIpc) is 2.37. The van der Waals surface area contributed by atoms with E-state index in [-0.39, 0.29) is 11.9 Å². The Morgan fingerprint density at radius 3 is 1.57 bits per heavy atom. The quantitative estimate of drug-likeness (QED) is 0.743. The lowest BCUT2D eigenvalue weighted by Gasteiger charge is -2.54. The molecule has 1 aromatic carbocycles. The maximum atomic E-state index is 11.7. The third-order valence-corrected chi connectivity index (χ3v) is 4.65. The van der Waals surface area contributed by atoms with E-state index in [0.29, 0.717) is 6.42 Å². The summed E-state index contributed by atoms with van der Waals surface area (Å²) in [6.45, 7) is 12.3. The minimum Gasteiger partial charge on any atom is -0.459 e. The van der Waals surface area contributed by atoms with E-state index in [1.165, 1.54) is 13.8 Å². The predicted molar refractivity (Wildman–Crippen MR) is 90.1 cm³/mol. The van der Waals surface area contributed by atoms with Gasteiger partial charge in [0, 0.05) is 13.8 Å². The van der Waals surface area contributed by atoms with Crippen LogP contribution in [0.1, 0.15) is 60.5 Å². The van der Waals surface area contributed by atoms with Crippen LogP contribution in [0.25, 0.3) is 0 Å². The Kier molecular flexibility index (Phi) is 5.62. The van der Waals surface area contributed by atoms with Gasteiger partial charge in [-0.25, -0.2) is 0 Å². The van der Waals surface area contributed by atoms with Gasteiger partial charge in [-0.2, -0.15) is 0 Å². The summed E-state index contributed by atoms with van der Waals surface area (Å²) in [5.74, 6) is -0.718. The van der Waals surface area contributed by atoms with Crippen LogP contribution in [0.4, 0.5) is 0 Å². The van der Waals surface area contributed by atoms with Gasteiger partial charge in [0.25, 0.3) is 0 Å². The van der Waals surface area contributed by atoms with Gasteiger partial charge >= 0.3 is 11.9 Å². The molecule has 0 radical (unpaired) electrons. The third-order valence-electron chi connectivity index (χ3n) is 4.65. The molecule has 0 fully saturated rings. The van der Waals surface area contributed by atoms with E-state index in [9.17, 15) is 9.59 Å². The number of carbonyl (C=O) groups excluding carboxylic acids is 2. The zero-order valence-corrected chi connectivity index (χ0v) is 15.2. The topological polar surface area (TPSA) is 52.6 Å². The van der Waals surface area contributed by atoms with Crippen molar-refractivity contribution in [2.45, 2.75) is 71.5 Å². The second-order valence-corrected chi connectivity index (χ2v) is 6.83. The molecule has 0 spiro atoms. The second kappa shape index (κ2) is 6.73. The molecule has 1 rings (SSSR count). The van der Waals surface area contributed by atoms with Crippen molar-refractivity contribution >= 4 is 11.9 Å². The van der Waals surface area contributed by atoms with Gasteiger partial charge < -0.3 is 9.47 Å². The Balaban J connectivity index is 3.64. The van der Waals surface area contributed by atoms with E-state index in [0.717, 1.165) is 5.56 Å². The maximum Gasteiger partial charge on any atom is 0.303 e. The Labute approximate surface area is 139 Å². The van der Waals surface area contributed by atoms with Crippen LogP contribution in [0, 0.1) is 0 Å². The largest absolute Gasteiger partial charge is 0.459 e. The lowest BCUT2D eigenvalue weighted by molar-refractivity contribution is -0.191. The van der Waals surface area contributed by atoms with Gasteiger partial charge in [0.2, 0.25) is 0 Å². The van der Waals surface area contributed by atoms with E-state index < -0.39 is 16.6 Å². The molecule has 0 aliphatic heterocycles. The third kappa shape index (κ3) is 3.57. The number of rotatable bonds is 6. The summed E-state index contributed by atoms with van der Waals surface area (Å²) in [5, 5.41) is 0. The van der Waals surface area contributed by atoms with Crippen molar-refractivity contribution in [3.8, 4) is 0 Å². The number of ether oxygens (including phenoxy) is 2. The SMILES string of the molecule is CCC(c1ccccc1)(C(C)(C)OC(C)=O)C(C)(C)OC(C)=O. The lowest BCUT2D eigenvalue weighted by Crippen LogP contribution is -2.63. The van der Waals surface area contributed by atoms with Crippen LogP contribution in [0.15, 0.2) is 30.3 Å². The van der Waals surface area contributed by atoms with Crippen molar-refractivity contribution in [2.24, 2.45) is 0 Å². The predicted octanol–water partition coefficient (Wildman–Crippen LogP) is 4.02. The molecule has 0 aliphatic carbocycles. The maximum absolute atomic E-state index is 11.7. The zero-order valence-electron chi connectivity index (χ0n) is 15.2. The molecule has 1 aromatic rings. The van der Waals surface area contributed by atoms with Gasteiger partial charge in [-0.3, -0.25) is 9.59 Å². The highest BCUT2D eigenvalue weighted by Gasteiger charge is 2.59. The van der Waals surface area contributed by atoms with Gasteiger partial charge in [-0.1, -0.05) is 37.3 Å². The number of carbonyl (C=O) groups is 2. The molecule has 0 bridgehead atoms. The molecule has 0 aromatic heterocycles. The Hall–Kier alpha value is -1.84. The van der Waals surface area contributed by atoms with E-state index in [1.54, 1.807) is 0 Å². The highest BCUT2D eigenvalue weighted by molar-refractivity contribution is 5.68. The molecule has 4 heteroatoms. The Morgan fingerprint density at radius 1 is 0.870 bits per heavy atom. The fourth-order valence-electron chi connectivity index (χ4n) is 4.09. The first-order chi connectivity index (χ1) is 10.5. The van der Waals surface area contributed by atoms with Crippen LogP contribution >= 0.6 is 0 Å². The number of esters is 2. The smallest absolute Gasteiger partial charge is 0.303 e. The minimum absolute atomic E-state index is 0.359.